The number of carbonyl (C=O) groups is 1. The summed E-state index contributed by atoms with van der Waals surface area (Å²) in [5.41, 5.74) is 7.28. The molecule has 0 saturated heterocycles. The minimum Gasteiger partial charge on any atom is -0.399 e. The summed E-state index contributed by atoms with van der Waals surface area (Å²) in [7, 11) is 0. The topological polar surface area (TPSA) is 43.1 Å². The van der Waals surface area contributed by atoms with E-state index in [1.165, 1.54) is 11.3 Å². The van der Waals surface area contributed by atoms with Crippen molar-refractivity contribution in [1.29, 1.82) is 0 Å². The van der Waals surface area contributed by atoms with Crippen molar-refractivity contribution in [2.75, 3.05) is 5.73 Å². The Balaban J connectivity index is 2.13. The molecule has 0 atom stereocenters. The van der Waals surface area contributed by atoms with Crippen molar-refractivity contribution < 1.29 is 4.79 Å². The van der Waals surface area contributed by atoms with Crippen LogP contribution in [0.15, 0.2) is 47.9 Å². The molecule has 80 valence electrons. The van der Waals surface area contributed by atoms with Crippen molar-refractivity contribution in [3.05, 3.63) is 58.3 Å². The van der Waals surface area contributed by atoms with E-state index in [2.05, 4.69) is 0 Å². The number of thiophene rings is 1. The average molecular weight is 229 g/mol. The summed E-state index contributed by atoms with van der Waals surface area (Å²) in [6.45, 7) is 0. The molecule has 0 amide bonds. The van der Waals surface area contributed by atoms with Gasteiger partial charge in [0.1, 0.15) is 0 Å². The maximum absolute atomic E-state index is 11.7. The molecule has 0 bridgehead atoms. The Morgan fingerprint density at radius 3 is 2.81 bits per heavy atom. The van der Waals surface area contributed by atoms with E-state index < -0.39 is 0 Å². The first-order valence-corrected chi connectivity index (χ1v) is 5.75. The lowest BCUT2D eigenvalue weighted by atomic mass is 10.1. The number of benzene rings is 1. The third-order valence-corrected chi connectivity index (χ3v) is 2.99. The molecule has 0 aliphatic carbocycles. The van der Waals surface area contributed by atoms with Gasteiger partial charge in [0.2, 0.25) is 0 Å². The van der Waals surface area contributed by atoms with Crippen LogP contribution in [0.1, 0.15) is 15.2 Å². The lowest BCUT2D eigenvalue weighted by Crippen LogP contribution is -1.89. The number of anilines is 1. The summed E-state index contributed by atoms with van der Waals surface area (Å²) in [4.78, 5) is 12.4. The third kappa shape index (κ3) is 2.58. The van der Waals surface area contributed by atoms with Gasteiger partial charge in [-0.3, -0.25) is 4.79 Å². The number of carbonyl (C=O) groups excluding carboxylic acids is 1. The van der Waals surface area contributed by atoms with Crippen LogP contribution in [0.25, 0.3) is 6.08 Å². The number of hydrogen-bond donors (Lipinski definition) is 1. The number of nitrogen functional groups attached to an aromatic ring is 1. The Hall–Kier alpha value is -1.87. The fourth-order valence-electron chi connectivity index (χ4n) is 1.34. The zero-order valence-corrected chi connectivity index (χ0v) is 9.41. The predicted molar refractivity (Wildman–Crippen MR) is 68.5 cm³/mol. The third-order valence-electron chi connectivity index (χ3n) is 2.10. The maximum atomic E-state index is 11.7. The van der Waals surface area contributed by atoms with Crippen molar-refractivity contribution in [1.82, 2.24) is 0 Å². The van der Waals surface area contributed by atoms with E-state index in [1.807, 2.05) is 41.8 Å². The Morgan fingerprint density at radius 2 is 2.12 bits per heavy atom. The second-order valence-electron chi connectivity index (χ2n) is 3.35. The summed E-state index contributed by atoms with van der Waals surface area (Å²) >= 11 is 1.44. The molecular formula is C13H11NOS. The summed E-state index contributed by atoms with van der Waals surface area (Å²) in [5, 5.41) is 1.89. The molecule has 2 nitrogen and oxygen atoms in total. The molecule has 0 radical (unpaired) electrons. The van der Waals surface area contributed by atoms with Gasteiger partial charge in [-0.15, -0.1) is 11.3 Å². The Kier molecular flexibility index (Phi) is 3.17. The molecule has 16 heavy (non-hydrogen) atoms. The predicted octanol–water partition coefficient (Wildman–Crippen LogP) is 3.23. The van der Waals surface area contributed by atoms with Crippen LogP contribution in [-0.2, 0) is 0 Å². The quantitative estimate of drug-likeness (QED) is 0.499. The number of allylic oxidation sites excluding steroid dienone is 1. The van der Waals surface area contributed by atoms with Crippen LogP contribution < -0.4 is 5.73 Å². The van der Waals surface area contributed by atoms with E-state index in [9.17, 15) is 4.79 Å². The highest BCUT2D eigenvalue weighted by Crippen LogP contribution is 2.12. The standard InChI is InChI=1S/C13H11NOS/c14-11-4-1-3-10(9-11)6-7-12(15)13-5-2-8-16-13/h1-9H,14H2. The fourth-order valence-corrected chi connectivity index (χ4v) is 1.98. The number of ketones is 1. The fraction of sp³-hybridized carbons (Fsp3) is 0. The van der Waals surface area contributed by atoms with E-state index >= 15 is 0 Å². The van der Waals surface area contributed by atoms with Crippen LogP contribution in [0.5, 0.6) is 0 Å². The second kappa shape index (κ2) is 4.77. The summed E-state index contributed by atoms with van der Waals surface area (Å²) in [5.74, 6) is 0.0254. The van der Waals surface area contributed by atoms with Crippen molar-refractivity contribution in [2.24, 2.45) is 0 Å². The lowest BCUT2D eigenvalue weighted by Gasteiger charge is -1.95. The molecule has 1 aromatic carbocycles. The van der Waals surface area contributed by atoms with Crippen molar-refractivity contribution in [3.63, 3.8) is 0 Å². The zero-order valence-electron chi connectivity index (χ0n) is 8.59. The van der Waals surface area contributed by atoms with Gasteiger partial charge in [0, 0.05) is 5.69 Å². The van der Waals surface area contributed by atoms with E-state index in [0.717, 1.165) is 10.4 Å². The normalized spacial score (nSPS) is 10.8. The van der Waals surface area contributed by atoms with Gasteiger partial charge >= 0.3 is 0 Å². The molecule has 0 aliphatic heterocycles. The van der Waals surface area contributed by atoms with Crippen molar-refractivity contribution in [2.45, 2.75) is 0 Å². The second-order valence-corrected chi connectivity index (χ2v) is 4.29. The molecule has 0 unspecified atom stereocenters. The highest BCUT2D eigenvalue weighted by atomic mass is 32.1. The summed E-state index contributed by atoms with van der Waals surface area (Å²) in [6, 6.07) is 11.1. The highest BCUT2D eigenvalue weighted by Gasteiger charge is 2.01. The largest absolute Gasteiger partial charge is 0.399 e. The maximum Gasteiger partial charge on any atom is 0.195 e. The van der Waals surface area contributed by atoms with Gasteiger partial charge < -0.3 is 5.73 Å². The van der Waals surface area contributed by atoms with Crippen molar-refractivity contribution >= 4 is 28.9 Å². The van der Waals surface area contributed by atoms with Gasteiger partial charge in [0.05, 0.1) is 4.88 Å². The van der Waals surface area contributed by atoms with Crippen LogP contribution >= 0.6 is 11.3 Å². The molecule has 3 heteroatoms. The zero-order chi connectivity index (χ0) is 11.4. The van der Waals surface area contributed by atoms with Gasteiger partial charge in [-0.1, -0.05) is 24.3 Å². The monoisotopic (exact) mass is 229 g/mol. The molecule has 0 spiro atoms. The smallest absolute Gasteiger partial charge is 0.195 e. The summed E-state index contributed by atoms with van der Waals surface area (Å²) in [6.07, 6.45) is 3.35. The molecule has 0 saturated carbocycles. The Bertz CT molecular complexity index is 514. The Morgan fingerprint density at radius 1 is 1.25 bits per heavy atom. The van der Waals surface area contributed by atoms with Crippen LogP contribution in [0.2, 0.25) is 0 Å². The Labute approximate surface area is 98.0 Å². The van der Waals surface area contributed by atoms with Crippen LogP contribution in [0.4, 0.5) is 5.69 Å². The van der Waals surface area contributed by atoms with Gasteiger partial charge in [-0.2, -0.15) is 0 Å². The molecule has 1 heterocycles. The number of rotatable bonds is 3. The van der Waals surface area contributed by atoms with Crippen LogP contribution in [0, 0.1) is 0 Å². The molecule has 1 aromatic heterocycles. The van der Waals surface area contributed by atoms with Crippen LogP contribution in [0.3, 0.4) is 0 Å². The SMILES string of the molecule is Nc1cccc(C=CC(=O)c2cccs2)c1. The molecule has 0 aliphatic rings. The highest BCUT2D eigenvalue weighted by molar-refractivity contribution is 7.12. The van der Waals surface area contributed by atoms with Crippen molar-refractivity contribution in [3.8, 4) is 0 Å². The molecule has 0 fully saturated rings. The van der Waals surface area contributed by atoms with E-state index in [4.69, 9.17) is 5.73 Å². The van der Waals surface area contributed by atoms with E-state index in [0.29, 0.717) is 5.69 Å². The minimum atomic E-state index is 0.0254. The van der Waals surface area contributed by atoms with Crippen LogP contribution in [-0.4, -0.2) is 5.78 Å². The number of hydrogen-bond acceptors (Lipinski definition) is 3. The first kappa shape index (κ1) is 10.6. The van der Waals surface area contributed by atoms with E-state index in [-0.39, 0.29) is 5.78 Å². The summed E-state index contributed by atoms with van der Waals surface area (Å²) < 4.78 is 0. The number of nitrogens with two attached hydrogens (primary N) is 1. The first-order chi connectivity index (χ1) is 7.75. The molecule has 2 N–H and O–H groups in total. The molecule has 2 rings (SSSR count). The van der Waals surface area contributed by atoms with Gasteiger partial charge in [-0.25, -0.2) is 0 Å². The molecular weight excluding hydrogens is 218 g/mol. The average Bonchev–Trinajstić information content (AvgIpc) is 2.79. The van der Waals surface area contributed by atoms with Gasteiger partial charge in [0.25, 0.3) is 0 Å². The lowest BCUT2D eigenvalue weighted by molar-refractivity contribution is 0.105. The van der Waals surface area contributed by atoms with Gasteiger partial charge in [-0.05, 0) is 35.2 Å². The van der Waals surface area contributed by atoms with Gasteiger partial charge in [0.15, 0.2) is 5.78 Å². The first-order valence-electron chi connectivity index (χ1n) is 4.87. The minimum absolute atomic E-state index is 0.0254. The molecule has 2 aromatic rings. The van der Waals surface area contributed by atoms with E-state index in [1.54, 1.807) is 12.2 Å².